The summed E-state index contributed by atoms with van der Waals surface area (Å²) in [6.45, 7) is 1.90. The second-order valence-electron chi connectivity index (χ2n) is 5.03. The molecule has 0 heterocycles. The summed E-state index contributed by atoms with van der Waals surface area (Å²) in [7, 11) is 3.93. The lowest BCUT2D eigenvalue weighted by molar-refractivity contribution is 0.624. The molecule has 0 fully saturated rings. The topological polar surface area (TPSA) is 15.3 Å². The molecule has 1 atom stereocenters. The molecule has 0 aromatic heterocycles. The fourth-order valence-corrected chi connectivity index (χ4v) is 2.93. The number of para-hydroxylation sites is 2. The fourth-order valence-electron chi connectivity index (χ4n) is 2.23. The van der Waals surface area contributed by atoms with E-state index in [-0.39, 0.29) is 11.1 Å². The average Bonchev–Trinajstić information content (AvgIpc) is 2.43. The van der Waals surface area contributed by atoms with Gasteiger partial charge in [-0.3, -0.25) is 0 Å². The van der Waals surface area contributed by atoms with E-state index in [9.17, 15) is 4.39 Å². The van der Waals surface area contributed by atoms with Crippen molar-refractivity contribution in [3.63, 3.8) is 0 Å². The maximum atomic E-state index is 13.6. The van der Waals surface area contributed by atoms with Crippen LogP contribution in [0.1, 0.15) is 18.5 Å². The zero-order chi connectivity index (χ0) is 15.6. The van der Waals surface area contributed by atoms with Crippen molar-refractivity contribution in [2.75, 3.05) is 24.3 Å². The van der Waals surface area contributed by atoms with Crippen LogP contribution in [0.2, 0.25) is 10.0 Å². The minimum Gasteiger partial charge on any atom is -0.377 e. The zero-order valence-electron chi connectivity index (χ0n) is 12.1. The van der Waals surface area contributed by atoms with Gasteiger partial charge < -0.3 is 10.2 Å². The molecule has 0 saturated carbocycles. The van der Waals surface area contributed by atoms with Crippen LogP contribution >= 0.6 is 23.2 Å². The van der Waals surface area contributed by atoms with Crippen LogP contribution < -0.4 is 10.2 Å². The third-order valence-corrected chi connectivity index (χ3v) is 3.98. The molecule has 2 nitrogen and oxygen atoms in total. The van der Waals surface area contributed by atoms with Gasteiger partial charge in [-0.2, -0.15) is 0 Å². The Morgan fingerprint density at radius 3 is 2.43 bits per heavy atom. The highest BCUT2D eigenvalue weighted by molar-refractivity contribution is 6.36. The lowest BCUT2D eigenvalue weighted by Gasteiger charge is -2.23. The zero-order valence-corrected chi connectivity index (χ0v) is 13.6. The van der Waals surface area contributed by atoms with Crippen molar-refractivity contribution in [2.45, 2.75) is 13.0 Å². The van der Waals surface area contributed by atoms with E-state index in [0.717, 1.165) is 11.4 Å². The quantitative estimate of drug-likeness (QED) is 0.759. The van der Waals surface area contributed by atoms with Gasteiger partial charge in [-0.25, -0.2) is 4.39 Å². The van der Waals surface area contributed by atoms with Gasteiger partial charge >= 0.3 is 0 Å². The predicted octanol–water partition coefficient (Wildman–Crippen LogP) is 5.37. The summed E-state index contributed by atoms with van der Waals surface area (Å²) in [6, 6.07) is 10.4. The van der Waals surface area contributed by atoms with Gasteiger partial charge in [0.25, 0.3) is 0 Å². The van der Waals surface area contributed by atoms with Gasteiger partial charge in [-0.1, -0.05) is 35.3 Å². The molecule has 2 aromatic rings. The summed E-state index contributed by atoms with van der Waals surface area (Å²) >= 11 is 12.2. The largest absolute Gasteiger partial charge is 0.377 e. The number of nitrogens with zero attached hydrogens (tertiary/aromatic N) is 1. The summed E-state index contributed by atoms with van der Waals surface area (Å²) in [6.07, 6.45) is 0. The molecule has 0 aliphatic carbocycles. The molecule has 1 unspecified atom stereocenters. The van der Waals surface area contributed by atoms with Crippen molar-refractivity contribution in [2.24, 2.45) is 0 Å². The number of hydrogen-bond donors (Lipinski definition) is 1. The van der Waals surface area contributed by atoms with E-state index in [1.54, 1.807) is 0 Å². The van der Waals surface area contributed by atoms with Gasteiger partial charge in [-0.05, 0) is 31.2 Å². The number of nitrogens with one attached hydrogen (secondary N) is 1. The van der Waals surface area contributed by atoms with E-state index in [2.05, 4.69) is 5.32 Å². The Kier molecular flexibility index (Phi) is 4.96. The fraction of sp³-hybridized carbons (Fsp3) is 0.250. The van der Waals surface area contributed by atoms with Crippen molar-refractivity contribution in [1.29, 1.82) is 0 Å². The van der Waals surface area contributed by atoms with E-state index < -0.39 is 5.82 Å². The van der Waals surface area contributed by atoms with Crippen molar-refractivity contribution in [3.05, 3.63) is 57.8 Å². The summed E-state index contributed by atoms with van der Waals surface area (Å²) in [5, 5.41) is 3.85. The van der Waals surface area contributed by atoms with Crippen LogP contribution in [0.5, 0.6) is 0 Å². The normalized spacial score (nSPS) is 12.1. The first-order valence-electron chi connectivity index (χ1n) is 6.58. The van der Waals surface area contributed by atoms with Gasteiger partial charge in [-0.15, -0.1) is 0 Å². The highest BCUT2D eigenvalue weighted by atomic mass is 35.5. The standard InChI is InChI=1S/C16H17Cl2FN2/c1-10(15-11(17)8-9-12(19)16(15)18)20-13-6-4-5-7-14(13)21(2)3/h4-10,20H,1-3H3. The van der Waals surface area contributed by atoms with E-state index in [4.69, 9.17) is 23.2 Å². The summed E-state index contributed by atoms with van der Waals surface area (Å²) in [5.74, 6) is -0.467. The molecule has 0 saturated heterocycles. The van der Waals surface area contributed by atoms with Crippen molar-refractivity contribution >= 4 is 34.6 Å². The molecule has 0 spiro atoms. The maximum Gasteiger partial charge on any atom is 0.142 e. The molecular weight excluding hydrogens is 310 g/mol. The highest BCUT2D eigenvalue weighted by Crippen LogP contribution is 2.35. The van der Waals surface area contributed by atoms with Crippen LogP contribution in [0.15, 0.2) is 36.4 Å². The molecule has 21 heavy (non-hydrogen) atoms. The van der Waals surface area contributed by atoms with Crippen LogP contribution in [0, 0.1) is 5.82 Å². The van der Waals surface area contributed by atoms with Crippen LogP contribution in [0.4, 0.5) is 15.8 Å². The predicted molar refractivity (Wildman–Crippen MR) is 89.2 cm³/mol. The SMILES string of the molecule is CC(Nc1ccccc1N(C)C)c1c(Cl)ccc(F)c1Cl. The van der Waals surface area contributed by atoms with Crippen LogP contribution in [0.25, 0.3) is 0 Å². The van der Waals surface area contributed by atoms with Gasteiger partial charge in [0.2, 0.25) is 0 Å². The lowest BCUT2D eigenvalue weighted by atomic mass is 10.1. The Morgan fingerprint density at radius 1 is 1.10 bits per heavy atom. The minimum atomic E-state index is -0.467. The summed E-state index contributed by atoms with van der Waals surface area (Å²) < 4.78 is 13.6. The highest BCUT2D eigenvalue weighted by Gasteiger charge is 2.18. The monoisotopic (exact) mass is 326 g/mol. The Morgan fingerprint density at radius 2 is 1.76 bits per heavy atom. The van der Waals surface area contributed by atoms with Gasteiger partial charge in [0.1, 0.15) is 5.82 Å². The Hall–Kier alpha value is -1.45. The summed E-state index contributed by atoms with van der Waals surface area (Å²) in [5.41, 5.74) is 2.53. The number of hydrogen-bond acceptors (Lipinski definition) is 2. The van der Waals surface area contributed by atoms with Crippen molar-refractivity contribution in [1.82, 2.24) is 0 Å². The van der Waals surface area contributed by atoms with E-state index in [1.165, 1.54) is 12.1 Å². The summed E-state index contributed by atoms with van der Waals surface area (Å²) in [4.78, 5) is 2.00. The number of halogens is 3. The third kappa shape index (κ3) is 3.42. The Labute approximate surface area is 134 Å². The van der Waals surface area contributed by atoms with Crippen LogP contribution in [-0.2, 0) is 0 Å². The number of rotatable bonds is 4. The van der Waals surface area contributed by atoms with Gasteiger partial charge in [0.15, 0.2) is 0 Å². The van der Waals surface area contributed by atoms with Crippen molar-refractivity contribution < 1.29 is 4.39 Å². The number of anilines is 2. The number of benzene rings is 2. The van der Waals surface area contributed by atoms with E-state index >= 15 is 0 Å². The van der Waals surface area contributed by atoms with E-state index in [0.29, 0.717) is 10.6 Å². The second kappa shape index (κ2) is 6.54. The average molecular weight is 327 g/mol. The molecule has 5 heteroatoms. The molecular formula is C16H17Cl2FN2. The maximum absolute atomic E-state index is 13.6. The Bertz CT molecular complexity index is 644. The van der Waals surface area contributed by atoms with Crippen LogP contribution in [-0.4, -0.2) is 14.1 Å². The molecule has 0 aliphatic heterocycles. The minimum absolute atomic E-state index is 0.0600. The third-order valence-electron chi connectivity index (χ3n) is 3.27. The second-order valence-corrected chi connectivity index (χ2v) is 5.82. The van der Waals surface area contributed by atoms with Gasteiger partial charge in [0.05, 0.1) is 22.4 Å². The smallest absolute Gasteiger partial charge is 0.142 e. The molecule has 0 aliphatic rings. The first-order chi connectivity index (χ1) is 9.91. The Balaban J connectivity index is 2.35. The van der Waals surface area contributed by atoms with Crippen molar-refractivity contribution in [3.8, 4) is 0 Å². The van der Waals surface area contributed by atoms with E-state index in [1.807, 2.05) is 50.2 Å². The molecule has 2 aromatic carbocycles. The molecule has 2 rings (SSSR count). The lowest BCUT2D eigenvalue weighted by Crippen LogP contribution is -2.14. The van der Waals surface area contributed by atoms with Gasteiger partial charge in [0, 0.05) is 24.7 Å². The van der Waals surface area contributed by atoms with Crippen LogP contribution in [0.3, 0.4) is 0 Å². The molecule has 0 amide bonds. The molecule has 0 bridgehead atoms. The first kappa shape index (κ1) is 15.9. The first-order valence-corrected chi connectivity index (χ1v) is 7.33. The molecule has 1 N–H and O–H groups in total. The molecule has 0 radical (unpaired) electrons. The molecule has 112 valence electrons.